The van der Waals surface area contributed by atoms with E-state index in [1.165, 1.54) is 0 Å². The van der Waals surface area contributed by atoms with Gasteiger partial charge in [-0.05, 0) is 37.1 Å². The molecule has 72 valence electrons. The topological polar surface area (TPSA) is 49.3 Å². The Hall–Kier alpha value is -0.390. The minimum atomic E-state index is -2.01. The van der Waals surface area contributed by atoms with Crippen LogP contribution in [0, 0.1) is 13.8 Å². The second-order valence-corrected chi connectivity index (χ2v) is 4.31. The highest BCUT2D eigenvalue weighted by Crippen LogP contribution is 2.24. The van der Waals surface area contributed by atoms with Gasteiger partial charge < -0.3 is 0 Å². The molecule has 0 spiro atoms. The van der Waals surface area contributed by atoms with E-state index in [4.69, 9.17) is 4.55 Å². The minimum Gasteiger partial charge on any atom is -0.289 e. The van der Waals surface area contributed by atoms with Gasteiger partial charge >= 0.3 is 0 Å². The Morgan fingerprint density at radius 1 is 1.46 bits per heavy atom. The third-order valence-electron chi connectivity index (χ3n) is 1.81. The van der Waals surface area contributed by atoms with Crippen LogP contribution >= 0.6 is 15.9 Å². The van der Waals surface area contributed by atoms with Gasteiger partial charge in [-0.2, -0.15) is 0 Å². The Morgan fingerprint density at radius 2 is 2.08 bits per heavy atom. The summed E-state index contributed by atoms with van der Waals surface area (Å²) in [4.78, 5) is 0. The predicted molar refractivity (Wildman–Crippen MR) is 58.0 cm³/mol. The molecule has 0 heterocycles. The SMILES string of the molecule is Cc1cc(NS(=O)O)cc(Br)c1C. The van der Waals surface area contributed by atoms with Crippen molar-refractivity contribution in [1.29, 1.82) is 0 Å². The number of hydrogen-bond acceptors (Lipinski definition) is 1. The maximum Gasteiger partial charge on any atom is 0.259 e. The lowest BCUT2D eigenvalue weighted by atomic mass is 10.1. The minimum absolute atomic E-state index is 0.635. The average molecular weight is 264 g/mol. The third kappa shape index (κ3) is 2.79. The van der Waals surface area contributed by atoms with Crippen molar-refractivity contribution >= 4 is 32.9 Å². The van der Waals surface area contributed by atoms with E-state index in [1.807, 2.05) is 19.9 Å². The molecule has 1 aromatic rings. The van der Waals surface area contributed by atoms with Crippen molar-refractivity contribution < 1.29 is 8.76 Å². The lowest BCUT2D eigenvalue weighted by Crippen LogP contribution is -2.02. The number of hydrogen-bond donors (Lipinski definition) is 2. The van der Waals surface area contributed by atoms with Gasteiger partial charge in [0, 0.05) is 10.2 Å². The zero-order chi connectivity index (χ0) is 10.0. The summed E-state index contributed by atoms with van der Waals surface area (Å²) in [5.41, 5.74) is 2.84. The third-order valence-corrected chi connectivity index (χ3v) is 3.04. The fourth-order valence-electron chi connectivity index (χ4n) is 0.976. The first-order valence-corrected chi connectivity index (χ1v) is 5.55. The molecule has 0 aromatic heterocycles. The van der Waals surface area contributed by atoms with Crippen LogP contribution in [0.1, 0.15) is 11.1 Å². The van der Waals surface area contributed by atoms with Gasteiger partial charge in [-0.25, -0.2) is 4.21 Å². The average Bonchev–Trinajstić information content (AvgIpc) is 1.98. The first kappa shape index (κ1) is 10.7. The number of aryl methyl sites for hydroxylation is 1. The van der Waals surface area contributed by atoms with Crippen LogP contribution in [0.2, 0.25) is 0 Å². The van der Waals surface area contributed by atoms with E-state index < -0.39 is 11.3 Å². The fourth-order valence-corrected chi connectivity index (χ4v) is 1.85. The van der Waals surface area contributed by atoms with Crippen LogP contribution in [-0.4, -0.2) is 8.76 Å². The molecular formula is C8H10BrNO2S. The van der Waals surface area contributed by atoms with Gasteiger partial charge in [-0.1, -0.05) is 15.9 Å². The van der Waals surface area contributed by atoms with Crippen LogP contribution in [0.3, 0.4) is 0 Å². The molecule has 0 aliphatic heterocycles. The Labute approximate surface area is 88.1 Å². The summed E-state index contributed by atoms with van der Waals surface area (Å²) in [7, 11) is 0. The Morgan fingerprint density at radius 3 is 2.54 bits per heavy atom. The van der Waals surface area contributed by atoms with Gasteiger partial charge in [0.25, 0.3) is 11.3 Å². The van der Waals surface area contributed by atoms with Gasteiger partial charge in [-0.3, -0.25) is 9.27 Å². The standard InChI is InChI=1S/C8H10BrNO2S/c1-5-3-7(10-13(11)12)4-8(9)6(5)2/h3-4,10H,1-2H3,(H,11,12). The van der Waals surface area contributed by atoms with Gasteiger partial charge in [0.05, 0.1) is 0 Å². The van der Waals surface area contributed by atoms with E-state index in [-0.39, 0.29) is 0 Å². The zero-order valence-corrected chi connectivity index (χ0v) is 9.70. The number of rotatable bonds is 2. The first-order chi connectivity index (χ1) is 6.00. The van der Waals surface area contributed by atoms with E-state index in [1.54, 1.807) is 6.07 Å². The molecule has 0 saturated heterocycles. The van der Waals surface area contributed by atoms with Crippen LogP contribution < -0.4 is 4.72 Å². The molecule has 5 heteroatoms. The number of halogens is 1. The molecule has 0 amide bonds. The van der Waals surface area contributed by atoms with Crippen LogP contribution in [0.4, 0.5) is 5.69 Å². The van der Waals surface area contributed by atoms with E-state index >= 15 is 0 Å². The van der Waals surface area contributed by atoms with E-state index in [2.05, 4.69) is 20.7 Å². The molecule has 3 nitrogen and oxygen atoms in total. The molecule has 2 N–H and O–H groups in total. The molecule has 0 saturated carbocycles. The number of nitrogens with one attached hydrogen (secondary N) is 1. The van der Waals surface area contributed by atoms with Crippen molar-refractivity contribution in [3.05, 3.63) is 27.7 Å². The normalized spacial score (nSPS) is 12.6. The Bertz CT molecular complexity index is 331. The van der Waals surface area contributed by atoms with E-state index in [9.17, 15) is 4.21 Å². The van der Waals surface area contributed by atoms with Crippen molar-refractivity contribution in [3.63, 3.8) is 0 Å². The maximum absolute atomic E-state index is 10.5. The zero-order valence-electron chi connectivity index (χ0n) is 7.30. The number of benzene rings is 1. The molecule has 1 atom stereocenters. The van der Waals surface area contributed by atoms with Crippen molar-refractivity contribution in [3.8, 4) is 0 Å². The highest BCUT2D eigenvalue weighted by molar-refractivity contribution is 9.10. The monoisotopic (exact) mass is 263 g/mol. The molecule has 0 aliphatic rings. The van der Waals surface area contributed by atoms with Crippen molar-refractivity contribution in [2.75, 3.05) is 4.72 Å². The highest BCUT2D eigenvalue weighted by atomic mass is 79.9. The largest absolute Gasteiger partial charge is 0.289 e. The van der Waals surface area contributed by atoms with Gasteiger partial charge in [0.15, 0.2) is 0 Å². The molecule has 0 aliphatic carbocycles. The molecule has 1 aromatic carbocycles. The quantitative estimate of drug-likeness (QED) is 0.807. The fraction of sp³-hybridized carbons (Fsp3) is 0.250. The molecule has 1 rings (SSSR count). The van der Waals surface area contributed by atoms with Crippen LogP contribution in [0.25, 0.3) is 0 Å². The van der Waals surface area contributed by atoms with Gasteiger partial charge in [-0.15, -0.1) is 0 Å². The smallest absolute Gasteiger partial charge is 0.259 e. The molecule has 0 bridgehead atoms. The Kier molecular flexibility index (Phi) is 3.47. The Balaban J connectivity index is 3.06. The van der Waals surface area contributed by atoms with Crippen molar-refractivity contribution in [1.82, 2.24) is 0 Å². The highest BCUT2D eigenvalue weighted by Gasteiger charge is 2.02. The van der Waals surface area contributed by atoms with Gasteiger partial charge in [0.1, 0.15) is 0 Å². The maximum atomic E-state index is 10.5. The molecule has 0 fully saturated rings. The molecule has 0 radical (unpaired) electrons. The lowest BCUT2D eigenvalue weighted by molar-refractivity contribution is 0.570. The summed E-state index contributed by atoms with van der Waals surface area (Å²) in [6, 6.07) is 3.60. The summed E-state index contributed by atoms with van der Waals surface area (Å²) >= 11 is 1.36. The number of anilines is 1. The lowest BCUT2D eigenvalue weighted by Gasteiger charge is -2.07. The van der Waals surface area contributed by atoms with Crippen molar-refractivity contribution in [2.45, 2.75) is 13.8 Å². The summed E-state index contributed by atoms with van der Waals surface area (Å²) in [6.07, 6.45) is 0. The molecule has 1 unspecified atom stereocenters. The van der Waals surface area contributed by atoms with E-state index in [0.717, 1.165) is 15.6 Å². The first-order valence-electron chi connectivity index (χ1n) is 3.65. The van der Waals surface area contributed by atoms with Crippen LogP contribution in [-0.2, 0) is 11.3 Å². The second-order valence-electron chi connectivity index (χ2n) is 2.75. The van der Waals surface area contributed by atoms with E-state index in [0.29, 0.717) is 5.69 Å². The van der Waals surface area contributed by atoms with Crippen LogP contribution in [0.5, 0.6) is 0 Å². The summed E-state index contributed by atoms with van der Waals surface area (Å²) in [5.74, 6) is 0. The van der Waals surface area contributed by atoms with Gasteiger partial charge in [0.2, 0.25) is 0 Å². The van der Waals surface area contributed by atoms with Crippen molar-refractivity contribution in [2.24, 2.45) is 0 Å². The molecular weight excluding hydrogens is 254 g/mol. The van der Waals surface area contributed by atoms with Crippen LogP contribution in [0.15, 0.2) is 16.6 Å². The summed E-state index contributed by atoms with van der Waals surface area (Å²) < 4.78 is 22.4. The summed E-state index contributed by atoms with van der Waals surface area (Å²) in [6.45, 7) is 3.94. The molecule has 13 heavy (non-hydrogen) atoms. The summed E-state index contributed by atoms with van der Waals surface area (Å²) in [5, 5.41) is 0. The second kappa shape index (κ2) is 4.21. The predicted octanol–water partition coefficient (Wildman–Crippen LogP) is 2.61.